The molecule has 0 amide bonds. The van der Waals surface area contributed by atoms with E-state index in [0.717, 1.165) is 36.2 Å². The van der Waals surface area contributed by atoms with Crippen LogP contribution in [-0.4, -0.2) is 43.9 Å². The molecule has 3 rings (SSSR count). The number of rotatable bonds is 7. The first-order valence-corrected chi connectivity index (χ1v) is 8.07. The van der Waals surface area contributed by atoms with Crippen LogP contribution < -0.4 is 11.1 Å². The Morgan fingerprint density at radius 1 is 1.33 bits per heavy atom. The highest BCUT2D eigenvalue weighted by atomic mass is 16.3. The maximum absolute atomic E-state index is 8.99. The number of aliphatic hydroxyl groups is 1. The van der Waals surface area contributed by atoms with Crippen molar-refractivity contribution < 1.29 is 5.11 Å². The van der Waals surface area contributed by atoms with Gasteiger partial charge in [0.05, 0.1) is 17.9 Å². The van der Waals surface area contributed by atoms with Gasteiger partial charge in [0.1, 0.15) is 0 Å². The lowest BCUT2D eigenvalue weighted by Gasteiger charge is -2.10. The zero-order valence-electron chi connectivity index (χ0n) is 13.7. The zero-order chi connectivity index (χ0) is 16.9. The van der Waals surface area contributed by atoms with Gasteiger partial charge in [-0.25, -0.2) is 9.50 Å². The van der Waals surface area contributed by atoms with Gasteiger partial charge in [0.25, 0.3) is 0 Å². The number of fused-ring (bicyclic) bond motifs is 1. The molecule has 0 saturated heterocycles. The van der Waals surface area contributed by atoms with Crippen molar-refractivity contribution in [3.05, 3.63) is 42.4 Å². The topological polar surface area (TPSA) is 101 Å². The standard InChI is InChI=1S/C17H22N6O/c1-12(11-24)19-8-4-5-13-9-21-17-15(14-6-2-3-7-20-14)16(18)22-23(17)10-13/h2-3,6-7,9-10,12,19,24H,4-5,8,11H2,1H3,(H2,18,22)/t12-/m0/s1. The molecule has 0 aliphatic heterocycles. The summed E-state index contributed by atoms with van der Waals surface area (Å²) in [5.74, 6) is 0.428. The number of hydrogen-bond acceptors (Lipinski definition) is 6. The molecule has 0 bridgehead atoms. The quantitative estimate of drug-likeness (QED) is 0.565. The molecule has 7 heteroatoms. The second-order valence-corrected chi connectivity index (χ2v) is 5.85. The Labute approximate surface area is 140 Å². The van der Waals surface area contributed by atoms with E-state index in [1.165, 1.54) is 0 Å². The van der Waals surface area contributed by atoms with Crippen LogP contribution in [0, 0.1) is 0 Å². The Morgan fingerprint density at radius 2 is 2.21 bits per heavy atom. The average Bonchev–Trinajstić information content (AvgIpc) is 2.94. The molecule has 4 N–H and O–H groups in total. The molecule has 0 fully saturated rings. The molecule has 3 heterocycles. The summed E-state index contributed by atoms with van der Waals surface area (Å²) in [5.41, 5.74) is 9.40. The van der Waals surface area contributed by atoms with E-state index in [4.69, 9.17) is 10.8 Å². The summed E-state index contributed by atoms with van der Waals surface area (Å²) in [6.45, 7) is 2.95. The van der Waals surface area contributed by atoms with Crippen molar-refractivity contribution >= 4 is 11.5 Å². The van der Waals surface area contributed by atoms with E-state index in [1.54, 1.807) is 10.7 Å². The van der Waals surface area contributed by atoms with Crippen LogP contribution in [0.1, 0.15) is 18.9 Å². The third-order valence-electron chi connectivity index (χ3n) is 3.88. The van der Waals surface area contributed by atoms with Gasteiger partial charge in [-0.2, -0.15) is 0 Å². The third-order valence-corrected chi connectivity index (χ3v) is 3.88. The molecule has 0 unspecified atom stereocenters. The summed E-state index contributed by atoms with van der Waals surface area (Å²) in [6, 6.07) is 5.80. The van der Waals surface area contributed by atoms with Crippen LogP contribution in [0.25, 0.3) is 16.9 Å². The van der Waals surface area contributed by atoms with E-state index in [9.17, 15) is 0 Å². The Hall–Kier alpha value is -2.51. The summed E-state index contributed by atoms with van der Waals surface area (Å²) >= 11 is 0. The van der Waals surface area contributed by atoms with E-state index in [1.807, 2.05) is 37.5 Å². The first-order valence-electron chi connectivity index (χ1n) is 8.07. The maximum Gasteiger partial charge on any atom is 0.166 e. The highest BCUT2D eigenvalue weighted by Gasteiger charge is 2.14. The Morgan fingerprint density at radius 3 is 2.96 bits per heavy atom. The van der Waals surface area contributed by atoms with Gasteiger partial charge in [-0.15, -0.1) is 5.10 Å². The summed E-state index contributed by atoms with van der Waals surface area (Å²) in [7, 11) is 0. The molecule has 24 heavy (non-hydrogen) atoms. The number of anilines is 1. The molecular weight excluding hydrogens is 304 g/mol. The second kappa shape index (κ2) is 7.37. The summed E-state index contributed by atoms with van der Waals surface area (Å²) in [5, 5.41) is 16.6. The summed E-state index contributed by atoms with van der Waals surface area (Å²) in [6.07, 6.45) is 7.39. The largest absolute Gasteiger partial charge is 0.395 e. The highest BCUT2D eigenvalue weighted by molar-refractivity contribution is 5.84. The van der Waals surface area contributed by atoms with Gasteiger partial charge in [-0.05, 0) is 44.0 Å². The second-order valence-electron chi connectivity index (χ2n) is 5.85. The fourth-order valence-corrected chi connectivity index (χ4v) is 2.58. The first-order chi connectivity index (χ1) is 11.7. The lowest BCUT2D eigenvalue weighted by atomic mass is 10.1. The average molecular weight is 326 g/mol. The number of nitrogens with zero attached hydrogens (tertiary/aromatic N) is 4. The number of nitrogens with two attached hydrogens (primary N) is 1. The monoisotopic (exact) mass is 326 g/mol. The molecule has 7 nitrogen and oxygen atoms in total. The van der Waals surface area contributed by atoms with E-state index in [2.05, 4.69) is 20.4 Å². The molecule has 126 valence electrons. The normalized spacial score (nSPS) is 12.6. The number of aromatic nitrogens is 4. The van der Waals surface area contributed by atoms with Crippen molar-refractivity contribution in [3.8, 4) is 11.3 Å². The molecule has 1 atom stereocenters. The van der Waals surface area contributed by atoms with Crippen LogP contribution in [-0.2, 0) is 6.42 Å². The smallest absolute Gasteiger partial charge is 0.166 e. The molecule has 0 saturated carbocycles. The fraction of sp³-hybridized carbons (Fsp3) is 0.353. The highest BCUT2D eigenvalue weighted by Crippen LogP contribution is 2.27. The van der Waals surface area contributed by atoms with Gasteiger partial charge in [-0.3, -0.25) is 4.98 Å². The van der Waals surface area contributed by atoms with E-state index in [-0.39, 0.29) is 12.6 Å². The lowest BCUT2D eigenvalue weighted by molar-refractivity contribution is 0.251. The minimum atomic E-state index is 0.123. The van der Waals surface area contributed by atoms with Crippen LogP contribution >= 0.6 is 0 Å². The van der Waals surface area contributed by atoms with E-state index < -0.39 is 0 Å². The van der Waals surface area contributed by atoms with Crippen LogP contribution in [0.2, 0.25) is 0 Å². The number of aryl methyl sites for hydroxylation is 1. The summed E-state index contributed by atoms with van der Waals surface area (Å²) in [4.78, 5) is 8.87. The van der Waals surface area contributed by atoms with Gasteiger partial charge in [0.15, 0.2) is 11.5 Å². The SMILES string of the molecule is C[C@@H](CO)NCCCc1cnc2c(-c3ccccn3)c(N)nn2c1. The predicted molar refractivity (Wildman–Crippen MR) is 93.5 cm³/mol. The molecule has 0 spiro atoms. The van der Waals surface area contributed by atoms with E-state index >= 15 is 0 Å². The predicted octanol–water partition coefficient (Wildman–Crippen LogP) is 1.28. The number of nitrogens with one attached hydrogen (secondary N) is 1. The molecule has 3 aromatic heterocycles. The van der Waals surface area contributed by atoms with Crippen molar-refractivity contribution in [1.82, 2.24) is 24.9 Å². The van der Waals surface area contributed by atoms with Crippen molar-refractivity contribution in [1.29, 1.82) is 0 Å². The molecule has 0 radical (unpaired) electrons. The minimum absolute atomic E-state index is 0.123. The van der Waals surface area contributed by atoms with Crippen LogP contribution in [0.3, 0.4) is 0 Å². The van der Waals surface area contributed by atoms with Gasteiger partial charge < -0.3 is 16.2 Å². The molecule has 0 aliphatic rings. The van der Waals surface area contributed by atoms with Gasteiger partial charge >= 0.3 is 0 Å². The van der Waals surface area contributed by atoms with Crippen molar-refractivity contribution in [3.63, 3.8) is 0 Å². The number of nitrogen functional groups attached to an aromatic ring is 1. The molecule has 0 aromatic carbocycles. The van der Waals surface area contributed by atoms with Gasteiger partial charge in [0.2, 0.25) is 0 Å². The molecular formula is C17H22N6O. The molecule has 3 aromatic rings. The Kier molecular flexibility index (Phi) is 5.02. The van der Waals surface area contributed by atoms with Crippen molar-refractivity contribution in [2.24, 2.45) is 0 Å². The summed E-state index contributed by atoms with van der Waals surface area (Å²) < 4.78 is 1.72. The lowest BCUT2D eigenvalue weighted by Crippen LogP contribution is -2.30. The van der Waals surface area contributed by atoms with Crippen molar-refractivity contribution in [2.75, 3.05) is 18.9 Å². The van der Waals surface area contributed by atoms with Crippen LogP contribution in [0.5, 0.6) is 0 Å². The number of aliphatic hydroxyl groups excluding tert-OH is 1. The number of hydrogen-bond donors (Lipinski definition) is 3. The Balaban J connectivity index is 1.76. The van der Waals surface area contributed by atoms with Crippen molar-refractivity contribution in [2.45, 2.75) is 25.8 Å². The molecule has 0 aliphatic carbocycles. The third kappa shape index (κ3) is 3.52. The van der Waals surface area contributed by atoms with Gasteiger partial charge in [0, 0.05) is 24.6 Å². The number of pyridine rings is 1. The van der Waals surface area contributed by atoms with Gasteiger partial charge in [-0.1, -0.05) is 6.07 Å². The van der Waals surface area contributed by atoms with Crippen LogP contribution in [0.15, 0.2) is 36.8 Å². The first kappa shape index (κ1) is 16.4. The minimum Gasteiger partial charge on any atom is -0.395 e. The van der Waals surface area contributed by atoms with Crippen LogP contribution in [0.4, 0.5) is 5.82 Å². The maximum atomic E-state index is 8.99. The zero-order valence-corrected chi connectivity index (χ0v) is 13.7. The van der Waals surface area contributed by atoms with E-state index in [0.29, 0.717) is 11.5 Å². The Bertz CT molecular complexity index is 801. The fourth-order valence-electron chi connectivity index (χ4n) is 2.58.